The molecule has 0 N–H and O–H groups in total. The number of hydrogen-bond donors (Lipinski definition) is 0. The molecule has 9 aromatic carbocycles. The van der Waals surface area contributed by atoms with Crippen LogP contribution in [-0.4, -0.2) is 9.08 Å². The van der Waals surface area contributed by atoms with E-state index in [1.807, 2.05) is 22.7 Å². The molecule has 0 aliphatic carbocycles. The van der Waals surface area contributed by atoms with E-state index in [4.69, 9.17) is 4.51 Å². The molecule has 0 radical (unpaired) electrons. The van der Waals surface area contributed by atoms with Gasteiger partial charge in [0, 0.05) is 31.2 Å². The molecule has 0 saturated heterocycles. The van der Waals surface area contributed by atoms with Gasteiger partial charge in [0.1, 0.15) is 0 Å². The molecule has 0 atom stereocenters. The van der Waals surface area contributed by atoms with Crippen molar-refractivity contribution in [1.82, 2.24) is 4.57 Å². The van der Waals surface area contributed by atoms with Crippen LogP contribution in [-0.2, 0) is 0 Å². The molecule has 13 rings (SSSR count). The monoisotopic (exact) mass is 899 g/mol. The molecule has 0 saturated carbocycles. The normalized spacial score (nSPS) is 13.8. The van der Waals surface area contributed by atoms with Crippen LogP contribution in [0.15, 0.2) is 194 Å². The average Bonchev–Trinajstić information content (AvgIpc) is 4.03. The van der Waals surface area contributed by atoms with Crippen molar-refractivity contribution in [3.8, 4) is 39.1 Å². The maximum absolute atomic E-state index is 5.15. The van der Waals surface area contributed by atoms with Gasteiger partial charge in [0.15, 0.2) is 0 Å². The zero-order valence-electron chi connectivity index (χ0n) is 31.8. The second-order valence-electron chi connectivity index (χ2n) is 15.5. The molecule has 0 fully saturated rings. The first-order valence-electron chi connectivity index (χ1n) is 19.9. The Labute approximate surface area is 353 Å². The molecule has 278 valence electrons. The fourth-order valence-electron chi connectivity index (χ4n) is 9.56. The summed E-state index contributed by atoms with van der Waals surface area (Å²) < 4.78 is 17.2. The Morgan fingerprint density at radius 2 is 0.814 bits per heavy atom. The first kappa shape index (κ1) is 33.8. The van der Waals surface area contributed by atoms with Crippen molar-refractivity contribution in [3.05, 3.63) is 205 Å². The molecule has 12 aromatic rings. The van der Waals surface area contributed by atoms with Gasteiger partial charge in [-0.1, -0.05) is 36.4 Å². The van der Waals surface area contributed by atoms with Crippen LogP contribution in [0.5, 0.6) is 0 Å². The Morgan fingerprint density at radius 3 is 1.41 bits per heavy atom. The van der Waals surface area contributed by atoms with Crippen LogP contribution in [0.2, 0.25) is 0 Å². The number of aromatic nitrogens is 1. The summed E-state index contributed by atoms with van der Waals surface area (Å²) in [7, 11) is 0. The molecule has 59 heavy (non-hydrogen) atoms. The molecule has 4 heterocycles. The minimum atomic E-state index is -3.00. The van der Waals surface area contributed by atoms with Crippen LogP contribution in [0.1, 0.15) is 0 Å². The van der Waals surface area contributed by atoms with Gasteiger partial charge in [0.2, 0.25) is 0 Å². The summed E-state index contributed by atoms with van der Waals surface area (Å²) in [4.78, 5) is 0. The Morgan fingerprint density at radius 1 is 0.356 bits per heavy atom. The number of rotatable bonds is 4. The summed E-state index contributed by atoms with van der Waals surface area (Å²) in [6, 6.07) is 72.8. The van der Waals surface area contributed by atoms with Gasteiger partial charge in [-0.05, 0) is 30.3 Å². The standard InChI is InChI=1S/C55H34INS2/c1-56(48-17-6-2-13-40(48)41-14-3-7-18-49(41)56)38-23-27-54-46(32-38)44-30-36(21-25-52(44)58-54)34-11-10-12-35(29-34)37-22-26-53-45(31-37)47-33-39(24-28-55(47)59-53)57-50-19-8-4-15-42(50)43-16-5-9-20-51(43)57/h2-33H,1H2. The number of halogens is 1. The summed E-state index contributed by atoms with van der Waals surface area (Å²) in [5.41, 5.74) is 11.3. The van der Waals surface area contributed by atoms with Crippen molar-refractivity contribution < 1.29 is 0 Å². The molecule has 1 aliphatic heterocycles. The van der Waals surface area contributed by atoms with E-state index < -0.39 is 18.0 Å². The van der Waals surface area contributed by atoms with Crippen molar-refractivity contribution in [3.63, 3.8) is 0 Å². The van der Waals surface area contributed by atoms with E-state index in [1.165, 1.54) is 112 Å². The molecule has 4 heteroatoms. The quantitative estimate of drug-likeness (QED) is 0.155. The molecule has 1 aliphatic rings. The van der Waals surface area contributed by atoms with E-state index >= 15 is 0 Å². The fourth-order valence-corrected chi connectivity index (χ4v) is 19.9. The molecule has 0 spiro atoms. The maximum atomic E-state index is 5.15. The van der Waals surface area contributed by atoms with Crippen molar-refractivity contribution >= 4 is 107 Å². The number of fused-ring (bicyclic) bond motifs is 12. The van der Waals surface area contributed by atoms with E-state index in [2.05, 4.69) is 199 Å². The third-order valence-corrected chi connectivity index (χ3v) is 23.3. The predicted octanol–water partition coefficient (Wildman–Crippen LogP) is 16.2. The first-order chi connectivity index (χ1) is 29.1. The number of thiophene rings is 2. The summed E-state index contributed by atoms with van der Waals surface area (Å²) in [6.07, 6.45) is 0. The second-order valence-corrected chi connectivity index (χ2v) is 25.2. The van der Waals surface area contributed by atoms with Crippen LogP contribution in [0.4, 0.5) is 0 Å². The fraction of sp³-hybridized carbons (Fsp3) is 0. The zero-order valence-corrected chi connectivity index (χ0v) is 35.6. The molecule has 0 bridgehead atoms. The minimum absolute atomic E-state index is 1.19. The van der Waals surface area contributed by atoms with Crippen molar-refractivity contribution in [2.45, 2.75) is 0 Å². The van der Waals surface area contributed by atoms with E-state index in [9.17, 15) is 0 Å². The number of benzene rings is 9. The Balaban J connectivity index is 0.904. The van der Waals surface area contributed by atoms with Crippen LogP contribution in [0.25, 0.3) is 101 Å². The SMILES string of the molecule is C=I1(c2ccc3sc4ccc(-c5cccc(-c6ccc7sc8ccc(-n9c%10ccccc%10c%10ccccc%109)cc8c7c6)c5)cc4c3c2)c2ccccc2-c2ccccc21. The van der Waals surface area contributed by atoms with Gasteiger partial charge in [-0.3, -0.25) is 0 Å². The van der Waals surface area contributed by atoms with Gasteiger partial charge in [0.05, 0.1) is 11.0 Å². The van der Waals surface area contributed by atoms with Gasteiger partial charge in [-0.25, -0.2) is 0 Å². The Hall–Kier alpha value is -6.18. The van der Waals surface area contributed by atoms with Gasteiger partial charge in [-0.2, -0.15) is 0 Å². The molecule has 1 nitrogen and oxygen atoms in total. The third kappa shape index (κ3) is 4.91. The average molecular weight is 900 g/mol. The third-order valence-electron chi connectivity index (χ3n) is 12.4. The Kier molecular flexibility index (Phi) is 7.24. The van der Waals surface area contributed by atoms with E-state index in [0.717, 1.165) is 0 Å². The van der Waals surface area contributed by atoms with E-state index in [-0.39, 0.29) is 0 Å². The van der Waals surface area contributed by atoms with Crippen molar-refractivity contribution in [2.24, 2.45) is 0 Å². The second kappa shape index (κ2) is 12.7. The van der Waals surface area contributed by atoms with Crippen LogP contribution in [0, 0.1) is 10.7 Å². The number of nitrogens with zero attached hydrogens (tertiary/aromatic N) is 1. The Bertz CT molecular complexity index is 3680. The summed E-state index contributed by atoms with van der Waals surface area (Å²) in [5, 5.41) is 7.83. The molecule has 0 unspecified atom stereocenters. The molecular weight excluding hydrogens is 866 g/mol. The summed E-state index contributed by atoms with van der Waals surface area (Å²) in [6.45, 7) is 0. The van der Waals surface area contributed by atoms with Crippen LogP contribution >= 0.6 is 40.6 Å². The van der Waals surface area contributed by atoms with Crippen molar-refractivity contribution in [1.29, 1.82) is 0 Å². The molecule has 0 amide bonds. The molecular formula is C55H34INS2. The van der Waals surface area contributed by atoms with Crippen molar-refractivity contribution in [2.75, 3.05) is 0 Å². The topological polar surface area (TPSA) is 4.93 Å². The summed E-state index contributed by atoms with van der Waals surface area (Å²) in [5.74, 6) is 0. The van der Waals surface area contributed by atoms with Gasteiger partial charge < -0.3 is 4.57 Å². The van der Waals surface area contributed by atoms with Crippen LogP contribution in [0.3, 0.4) is 0 Å². The van der Waals surface area contributed by atoms with Gasteiger partial charge >= 0.3 is 231 Å². The zero-order chi connectivity index (χ0) is 38.8. The van der Waals surface area contributed by atoms with Gasteiger partial charge in [0.25, 0.3) is 0 Å². The summed E-state index contributed by atoms with van der Waals surface area (Å²) >= 11 is 0.765. The number of para-hydroxylation sites is 2. The first-order valence-corrected chi connectivity index (χ1v) is 26.3. The molecule has 3 aromatic heterocycles. The van der Waals surface area contributed by atoms with Gasteiger partial charge in [-0.15, -0.1) is 11.3 Å². The van der Waals surface area contributed by atoms with E-state index in [1.54, 1.807) is 0 Å². The predicted molar refractivity (Wildman–Crippen MR) is 267 cm³/mol. The van der Waals surface area contributed by atoms with Crippen LogP contribution < -0.4 is 0 Å². The number of hydrogen-bond acceptors (Lipinski definition) is 2. The van der Waals surface area contributed by atoms with E-state index in [0.29, 0.717) is 0 Å².